The second kappa shape index (κ2) is 5.88. The summed E-state index contributed by atoms with van der Waals surface area (Å²) in [5.41, 5.74) is 4.60. The van der Waals surface area contributed by atoms with Crippen LogP contribution in [0.25, 0.3) is 0 Å². The zero-order chi connectivity index (χ0) is 13.8. The topological polar surface area (TPSA) is 36.4 Å². The molecule has 0 spiro atoms. The third kappa shape index (κ3) is 2.89. The highest BCUT2D eigenvalue weighted by atomic mass is 15.0. The second-order valence-corrected chi connectivity index (χ2v) is 5.06. The maximum absolute atomic E-state index is 4.70. The molecule has 0 saturated carbocycles. The number of fused-ring (bicyclic) bond motifs is 1. The molecular weight excluding hydrogens is 246 g/mol. The van der Waals surface area contributed by atoms with Crippen molar-refractivity contribution in [1.29, 1.82) is 0 Å². The maximum Gasteiger partial charge on any atom is 0.0861 e. The number of benzene rings is 2. The van der Waals surface area contributed by atoms with Crippen molar-refractivity contribution in [2.75, 3.05) is 18.4 Å². The molecule has 1 heterocycles. The summed E-state index contributed by atoms with van der Waals surface area (Å²) in [6.45, 7) is 3.79. The van der Waals surface area contributed by atoms with E-state index in [-0.39, 0.29) is 0 Å². The predicted molar refractivity (Wildman–Crippen MR) is 84.9 cm³/mol. The summed E-state index contributed by atoms with van der Waals surface area (Å²) in [4.78, 5) is 4.70. The van der Waals surface area contributed by atoms with Crippen LogP contribution in [0.4, 0.5) is 11.4 Å². The van der Waals surface area contributed by atoms with Crippen LogP contribution in [0.2, 0.25) is 0 Å². The van der Waals surface area contributed by atoms with Crippen LogP contribution in [-0.4, -0.2) is 18.8 Å². The van der Waals surface area contributed by atoms with Gasteiger partial charge in [0.25, 0.3) is 0 Å². The van der Waals surface area contributed by atoms with Gasteiger partial charge in [0.15, 0.2) is 0 Å². The molecule has 0 unspecified atom stereocenters. The molecule has 0 fully saturated rings. The molecule has 0 bridgehead atoms. The number of anilines is 1. The SMILES string of the molecule is C[C@H](NCC1=Nc2ccccc2NC1)c1ccccc1. The number of hydrogen-bond acceptors (Lipinski definition) is 3. The highest BCUT2D eigenvalue weighted by Gasteiger charge is 2.11. The molecule has 0 amide bonds. The van der Waals surface area contributed by atoms with Gasteiger partial charge in [-0.2, -0.15) is 0 Å². The Morgan fingerprint density at radius 1 is 1.10 bits per heavy atom. The Bertz CT molecular complexity index is 605. The minimum atomic E-state index is 0.330. The van der Waals surface area contributed by atoms with Gasteiger partial charge in [-0.3, -0.25) is 4.99 Å². The van der Waals surface area contributed by atoms with E-state index >= 15 is 0 Å². The van der Waals surface area contributed by atoms with Crippen LogP contribution < -0.4 is 10.6 Å². The zero-order valence-corrected chi connectivity index (χ0v) is 11.6. The summed E-state index contributed by atoms with van der Waals surface area (Å²) in [6, 6.07) is 19.0. The van der Waals surface area contributed by atoms with Crippen LogP contribution in [0.15, 0.2) is 59.6 Å². The van der Waals surface area contributed by atoms with E-state index in [1.54, 1.807) is 0 Å². The molecule has 2 aromatic rings. The Kier molecular flexibility index (Phi) is 3.79. The van der Waals surface area contributed by atoms with Crippen LogP contribution in [0.5, 0.6) is 0 Å². The Labute approximate surface area is 119 Å². The summed E-state index contributed by atoms with van der Waals surface area (Å²) < 4.78 is 0. The molecule has 1 aliphatic rings. The summed E-state index contributed by atoms with van der Waals surface area (Å²) >= 11 is 0. The smallest absolute Gasteiger partial charge is 0.0861 e. The van der Waals surface area contributed by atoms with E-state index in [9.17, 15) is 0 Å². The third-order valence-corrected chi connectivity index (χ3v) is 3.58. The minimum Gasteiger partial charge on any atom is -0.378 e. The molecule has 0 aromatic heterocycles. The number of nitrogens with zero attached hydrogens (tertiary/aromatic N) is 1. The quantitative estimate of drug-likeness (QED) is 0.887. The Balaban J connectivity index is 1.64. The number of aliphatic imine (C=N–C) groups is 1. The number of rotatable bonds is 4. The number of nitrogens with one attached hydrogen (secondary N) is 2. The van der Waals surface area contributed by atoms with Crippen LogP contribution >= 0.6 is 0 Å². The van der Waals surface area contributed by atoms with Crippen LogP contribution in [0, 0.1) is 0 Å². The van der Waals surface area contributed by atoms with Crippen molar-refractivity contribution < 1.29 is 0 Å². The largest absolute Gasteiger partial charge is 0.378 e. The third-order valence-electron chi connectivity index (χ3n) is 3.58. The lowest BCUT2D eigenvalue weighted by Crippen LogP contribution is -2.31. The van der Waals surface area contributed by atoms with Gasteiger partial charge in [0.05, 0.1) is 23.6 Å². The van der Waals surface area contributed by atoms with Crippen molar-refractivity contribution >= 4 is 17.1 Å². The summed E-state index contributed by atoms with van der Waals surface area (Å²) in [6.07, 6.45) is 0. The molecule has 3 nitrogen and oxygen atoms in total. The van der Waals surface area contributed by atoms with Crippen LogP contribution in [0.1, 0.15) is 18.5 Å². The fourth-order valence-corrected chi connectivity index (χ4v) is 2.36. The molecule has 1 atom stereocenters. The van der Waals surface area contributed by atoms with E-state index in [0.717, 1.165) is 30.2 Å². The van der Waals surface area contributed by atoms with Crippen molar-refractivity contribution in [1.82, 2.24) is 5.32 Å². The molecule has 3 rings (SSSR count). The normalized spacial score (nSPS) is 14.9. The van der Waals surface area contributed by atoms with E-state index in [2.05, 4.69) is 47.9 Å². The number of hydrogen-bond donors (Lipinski definition) is 2. The van der Waals surface area contributed by atoms with E-state index in [1.165, 1.54) is 5.56 Å². The van der Waals surface area contributed by atoms with Crippen LogP contribution in [0.3, 0.4) is 0 Å². The van der Waals surface area contributed by atoms with Crippen molar-refractivity contribution in [3.05, 3.63) is 60.2 Å². The van der Waals surface area contributed by atoms with Gasteiger partial charge in [-0.1, -0.05) is 42.5 Å². The monoisotopic (exact) mass is 265 g/mol. The molecule has 3 heteroatoms. The van der Waals surface area contributed by atoms with Gasteiger partial charge in [0.2, 0.25) is 0 Å². The first kappa shape index (κ1) is 12.9. The first-order valence-corrected chi connectivity index (χ1v) is 7.00. The van der Waals surface area contributed by atoms with Gasteiger partial charge in [0, 0.05) is 12.6 Å². The molecule has 2 aromatic carbocycles. The fraction of sp³-hybridized carbons (Fsp3) is 0.235. The summed E-state index contributed by atoms with van der Waals surface area (Å²) in [5.74, 6) is 0. The lowest BCUT2D eigenvalue weighted by atomic mass is 10.1. The molecule has 0 radical (unpaired) electrons. The average molecular weight is 265 g/mol. The maximum atomic E-state index is 4.70. The summed E-state index contributed by atoms with van der Waals surface area (Å²) in [5, 5.41) is 6.93. The van der Waals surface area contributed by atoms with Crippen molar-refractivity contribution in [2.24, 2.45) is 4.99 Å². The van der Waals surface area contributed by atoms with E-state index in [0.29, 0.717) is 6.04 Å². The highest BCUT2D eigenvalue weighted by Crippen LogP contribution is 2.26. The Hall–Kier alpha value is -2.13. The van der Waals surface area contributed by atoms with Gasteiger partial charge in [-0.15, -0.1) is 0 Å². The predicted octanol–water partition coefficient (Wildman–Crippen LogP) is 3.54. The van der Waals surface area contributed by atoms with Gasteiger partial charge < -0.3 is 10.6 Å². The molecule has 20 heavy (non-hydrogen) atoms. The molecule has 0 aliphatic carbocycles. The van der Waals surface area contributed by atoms with E-state index in [1.807, 2.05) is 24.3 Å². The number of para-hydroxylation sites is 2. The van der Waals surface area contributed by atoms with Gasteiger partial charge in [-0.25, -0.2) is 0 Å². The van der Waals surface area contributed by atoms with Crippen molar-refractivity contribution in [3.8, 4) is 0 Å². The van der Waals surface area contributed by atoms with Gasteiger partial charge >= 0.3 is 0 Å². The second-order valence-electron chi connectivity index (χ2n) is 5.06. The zero-order valence-electron chi connectivity index (χ0n) is 11.6. The first-order valence-electron chi connectivity index (χ1n) is 7.00. The van der Waals surface area contributed by atoms with Gasteiger partial charge in [0.1, 0.15) is 0 Å². The molecule has 2 N–H and O–H groups in total. The first-order chi connectivity index (χ1) is 9.83. The fourth-order valence-electron chi connectivity index (χ4n) is 2.36. The van der Waals surface area contributed by atoms with Crippen molar-refractivity contribution in [2.45, 2.75) is 13.0 Å². The molecule has 0 saturated heterocycles. The van der Waals surface area contributed by atoms with Crippen LogP contribution in [-0.2, 0) is 0 Å². The minimum absolute atomic E-state index is 0.330. The lowest BCUT2D eigenvalue weighted by molar-refractivity contribution is 0.626. The van der Waals surface area contributed by atoms with E-state index in [4.69, 9.17) is 4.99 Å². The lowest BCUT2D eigenvalue weighted by Gasteiger charge is -2.20. The molecule has 1 aliphatic heterocycles. The Morgan fingerprint density at radius 3 is 2.70 bits per heavy atom. The van der Waals surface area contributed by atoms with Gasteiger partial charge in [-0.05, 0) is 24.6 Å². The highest BCUT2D eigenvalue weighted by molar-refractivity contribution is 5.96. The van der Waals surface area contributed by atoms with E-state index < -0.39 is 0 Å². The standard InChI is InChI=1S/C17H19N3/c1-13(14-7-3-2-4-8-14)18-11-15-12-19-16-9-5-6-10-17(16)20-15/h2-10,13,18-19H,11-12H2,1H3/t13-/m0/s1. The van der Waals surface area contributed by atoms with Crippen molar-refractivity contribution in [3.63, 3.8) is 0 Å². The molecular formula is C17H19N3. The average Bonchev–Trinajstić information content (AvgIpc) is 2.53. The molecule has 102 valence electrons. The Morgan fingerprint density at radius 2 is 1.85 bits per heavy atom. The summed E-state index contributed by atoms with van der Waals surface area (Å²) in [7, 11) is 0.